The minimum Gasteiger partial charge on any atom is -0.489 e. The van der Waals surface area contributed by atoms with Crippen molar-refractivity contribution in [1.82, 2.24) is 0 Å². The topological polar surface area (TPSA) is 35.2 Å². The van der Waals surface area contributed by atoms with Gasteiger partial charge in [0.2, 0.25) is 0 Å². The molecule has 1 rings (SSSR count). The van der Waals surface area contributed by atoms with Crippen LogP contribution in [0.3, 0.4) is 0 Å². The first-order valence-corrected chi connectivity index (χ1v) is 6.18. The van der Waals surface area contributed by atoms with Gasteiger partial charge in [0.25, 0.3) is 0 Å². The predicted molar refractivity (Wildman–Crippen MR) is 71.7 cm³/mol. The highest BCUT2D eigenvalue weighted by molar-refractivity contribution is 9.10. The number of rotatable bonds is 5. The average Bonchev–Trinajstić information content (AvgIpc) is 2.25. The van der Waals surface area contributed by atoms with Crippen LogP contribution in [0.4, 0.5) is 0 Å². The van der Waals surface area contributed by atoms with E-state index in [0.717, 1.165) is 27.8 Å². The van der Waals surface area contributed by atoms with Gasteiger partial charge in [0, 0.05) is 16.1 Å². The van der Waals surface area contributed by atoms with Crippen molar-refractivity contribution in [2.45, 2.75) is 26.3 Å². The van der Waals surface area contributed by atoms with Gasteiger partial charge in [0.05, 0.1) is 0 Å². The highest BCUT2D eigenvalue weighted by Crippen LogP contribution is 2.28. The lowest BCUT2D eigenvalue weighted by molar-refractivity contribution is 0.343. The molecule has 16 heavy (non-hydrogen) atoms. The van der Waals surface area contributed by atoms with Gasteiger partial charge in [0.1, 0.15) is 12.4 Å². The highest BCUT2D eigenvalue weighted by atomic mass is 79.9. The zero-order valence-electron chi connectivity index (χ0n) is 9.79. The minimum atomic E-state index is -0.0296. The lowest BCUT2D eigenvalue weighted by Gasteiger charge is -2.14. The summed E-state index contributed by atoms with van der Waals surface area (Å²) in [6.45, 7) is 8.48. The van der Waals surface area contributed by atoms with Crippen LogP contribution >= 0.6 is 15.9 Å². The molecule has 0 radical (unpaired) electrons. The molecule has 2 N–H and O–H groups in total. The van der Waals surface area contributed by atoms with Crippen LogP contribution in [0.2, 0.25) is 0 Å². The summed E-state index contributed by atoms with van der Waals surface area (Å²) < 4.78 is 6.72. The summed E-state index contributed by atoms with van der Waals surface area (Å²) in [5, 5.41) is 0. The van der Waals surface area contributed by atoms with Crippen LogP contribution in [-0.4, -0.2) is 6.61 Å². The van der Waals surface area contributed by atoms with Crippen molar-refractivity contribution in [1.29, 1.82) is 0 Å². The molecule has 0 spiro atoms. The number of benzene rings is 1. The molecule has 0 aliphatic carbocycles. The molecule has 2 nitrogen and oxygen atoms in total. The summed E-state index contributed by atoms with van der Waals surface area (Å²) in [7, 11) is 0. The standard InChI is InChI=1S/C13H18BrNO/c1-4-9(2)8-16-13-7-11(14)5-6-12(13)10(3)15/h5-7,10H,2,4,8,15H2,1,3H3. The normalized spacial score (nSPS) is 12.2. The van der Waals surface area contributed by atoms with E-state index in [2.05, 4.69) is 29.4 Å². The summed E-state index contributed by atoms with van der Waals surface area (Å²) in [4.78, 5) is 0. The van der Waals surface area contributed by atoms with Crippen molar-refractivity contribution in [3.05, 3.63) is 40.4 Å². The maximum absolute atomic E-state index is 5.89. The summed E-state index contributed by atoms with van der Waals surface area (Å²) >= 11 is 3.43. The molecule has 88 valence electrons. The summed E-state index contributed by atoms with van der Waals surface area (Å²) in [5.74, 6) is 0.832. The van der Waals surface area contributed by atoms with E-state index in [9.17, 15) is 0 Å². The lowest BCUT2D eigenvalue weighted by Crippen LogP contribution is -2.09. The number of nitrogens with two attached hydrogens (primary N) is 1. The molecule has 0 saturated carbocycles. The number of halogens is 1. The second kappa shape index (κ2) is 6.06. The Labute approximate surface area is 106 Å². The monoisotopic (exact) mass is 283 g/mol. The first-order chi connectivity index (χ1) is 7.54. The van der Waals surface area contributed by atoms with Gasteiger partial charge < -0.3 is 10.5 Å². The average molecular weight is 284 g/mol. The smallest absolute Gasteiger partial charge is 0.125 e. The van der Waals surface area contributed by atoms with Crippen molar-refractivity contribution in [2.24, 2.45) is 5.73 Å². The van der Waals surface area contributed by atoms with E-state index < -0.39 is 0 Å². The Morgan fingerprint density at radius 2 is 2.25 bits per heavy atom. The molecule has 0 aromatic heterocycles. The van der Waals surface area contributed by atoms with Crippen molar-refractivity contribution in [3.8, 4) is 5.75 Å². The Kier molecular flexibility index (Phi) is 5.03. The maximum atomic E-state index is 5.89. The minimum absolute atomic E-state index is 0.0296. The summed E-state index contributed by atoms with van der Waals surface area (Å²) in [6.07, 6.45) is 0.932. The number of hydrogen-bond donors (Lipinski definition) is 1. The fourth-order valence-corrected chi connectivity index (χ4v) is 1.63. The molecule has 0 bridgehead atoms. The van der Waals surface area contributed by atoms with E-state index in [1.807, 2.05) is 25.1 Å². The SMILES string of the molecule is C=C(CC)COc1cc(Br)ccc1C(C)N. The van der Waals surface area contributed by atoms with E-state index >= 15 is 0 Å². The third-order valence-corrected chi connectivity index (χ3v) is 2.89. The Balaban J connectivity index is 2.84. The van der Waals surface area contributed by atoms with Crippen LogP contribution in [0.1, 0.15) is 31.9 Å². The molecule has 0 heterocycles. The van der Waals surface area contributed by atoms with Gasteiger partial charge in [0.15, 0.2) is 0 Å². The Hall–Kier alpha value is -0.800. The van der Waals surface area contributed by atoms with Crippen molar-refractivity contribution < 1.29 is 4.74 Å². The highest BCUT2D eigenvalue weighted by Gasteiger charge is 2.08. The summed E-state index contributed by atoms with van der Waals surface area (Å²) in [5.41, 5.74) is 7.99. The summed E-state index contributed by atoms with van der Waals surface area (Å²) in [6, 6.07) is 5.87. The van der Waals surface area contributed by atoms with Crippen LogP contribution in [0, 0.1) is 0 Å². The third-order valence-electron chi connectivity index (χ3n) is 2.40. The van der Waals surface area contributed by atoms with Gasteiger partial charge >= 0.3 is 0 Å². The zero-order valence-corrected chi connectivity index (χ0v) is 11.4. The van der Waals surface area contributed by atoms with E-state index in [1.165, 1.54) is 0 Å². The zero-order chi connectivity index (χ0) is 12.1. The predicted octanol–water partition coefficient (Wildman–Crippen LogP) is 3.81. The van der Waals surface area contributed by atoms with Gasteiger partial charge in [-0.05, 0) is 31.1 Å². The van der Waals surface area contributed by atoms with E-state index in [4.69, 9.17) is 10.5 Å². The molecule has 1 unspecified atom stereocenters. The fourth-order valence-electron chi connectivity index (χ4n) is 1.29. The first-order valence-electron chi connectivity index (χ1n) is 5.39. The van der Waals surface area contributed by atoms with Gasteiger partial charge in [-0.25, -0.2) is 0 Å². The first kappa shape index (κ1) is 13.3. The van der Waals surface area contributed by atoms with E-state index in [1.54, 1.807) is 0 Å². The third kappa shape index (κ3) is 3.65. The van der Waals surface area contributed by atoms with Gasteiger partial charge in [-0.2, -0.15) is 0 Å². The van der Waals surface area contributed by atoms with Crippen molar-refractivity contribution in [3.63, 3.8) is 0 Å². The molecule has 1 aromatic rings. The van der Waals surface area contributed by atoms with Gasteiger partial charge in [-0.15, -0.1) is 0 Å². The molecule has 1 aromatic carbocycles. The molecule has 0 aliphatic rings. The maximum Gasteiger partial charge on any atom is 0.125 e. The van der Waals surface area contributed by atoms with Crippen LogP contribution in [0.5, 0.6) is 5.75 Å². The van der Waals surface area contributed by atoms with Crippen molar-refractivity contribution >= 4 is 15.9 Å². The second-order valence-corrected chi connectivity index (χ2v) is 4.78. The van der Waals surface area contributed by atoms with Crippen LogP contribution in [0.15, 0.2) is 34.8 Å². The van der Waals surface area contributed by atoms with E-state index in [0.29, 0.717) is 6.61 Å². The van der Waals surface area contributed by atoms with Crippen LogP contribution < -0.4 is 10.5 Å². The Bertz CT molecular complexity index is 374. The molecule has 0 fully saturated rings. The largest absolute Gasteiger partial charge is 0.489 e. The van der Waals surface area contributed by atoms with Gasteiger partial charge in [-0.1, -0.05) is 35.5 Å². The fraction of sp³-hybridized carbons (Fsp3) is 0.385. The lowest BCUT2D eigenvalue weighted by atomic mass is 10.1. The molecule has 1 atom stereocenters. The van der Waals surface area contributed by atoms with Crippen LogP contribution in [-0.2, 0) is 0 Å². The Morgan fingerprint density at radius 3 is 2.81 bits per heavy atom. The Morgan fingerprint density at radius 1 is 1.56 bits per heavy atom. The van der Waals surface area contributed by atoms with Crippen molar-refractivity contribution in [2.75, 3.05) is 6.61 Å². The van der Waals surface area contributed by atoms with Gasteiger partial charge in [-0.3, -0.25) is 0 Å². The quantitative estimate of drug-likeness (QED) is 0.834. The second-order valence-electron chi connectivity index (χ2n) is 3.86. The van der Waals surface area contributed by atoms with E-state index in [-0.39, 0.29) is 6.04 Å². The molecule has 0 aliphatic heterocycles. The number of ether oxygens (including phenoxy) is 1. The molecular formula is C13H18BrNO. The number of hydrogen-bond acceptors (Lipinski definition) is 2. The van der Waals surface area contributed by atoms with Crippen LogP contribution in [0.25, 0.3) is 0 Å². The molecule has 3 heteroatoms. The molecule has 0 saturated heterocycles. The molecular weight excluding hydrogens is 266 g/mol. The molecule has 0 amide bonds.